The van der Waals surface area contributed by atoms with Crippen molar-refractivity contribution in [1.82, 2.24) is 0 Å². The third-order valence-corrected chi connectivity index (χ3v) is 2.94. The van der Waals surface area contributed by atoms with Crippen molar-refractivity contribution in [3.63, 3.8) is 0 Å². The van der Waals surface area contributed by atoms with Gasteiger partial charge in [0.15, 0.2) is 0 Å². The summed E-state index contributed by atoms with van der Waals surface area (Å²) in [6.07, 6.45) is 4.32. The number of rotatable bonds is 4. The number of aliphatic hydroxyl groups excluding tert-OH is 1. The Kier molecular flexibility index (Phi) is 6.89. The van der Waals surface area contributed by atoms with Crippen LogP contribution in [0.4, 0.5) is 0 Å². The molecule has 0 spiro atoms. The lowest BCUT2D eigenvalue weighted by Crippen LogP contribution is -2.37. The fourth-order valence-electron chi connectivity index (χ4n) is 2.04. The molecule has 0 amide bonds. The lowest BCUT2D eigenvalue weighted by molar-refractivity contribution is -0.143. The molecule has 90 valence electrons. The molecule has 15 heavy (non-hydrogen) atoms. The van der Waals surface area contributed by atoms with Crippen molar-refractivity contribution in [3.05, 3.63) is 0 Å². The maximum absolute atomic E-state index is 11.0. The second-order valence-electron chi connectivity index (χ2n) is 3.98. The van der Waals surface area contributed by atoms with Crippen molar-refractivity contribution in [2.45, 2.75) is 44.2 Å². The van der Waals surface area contributed by atoms with Crippen LogP contribution in [0.3, 0.4) is 0 Å². The molecule has 1 saturated carbocycles. The van der Waals surface area contributed by atoms with Gasteiger partial charge in [0.05, 0.1) is 13.2 Å². The average Bonchev–Trinajstić information content (AvgIpc) is 2.69. The molecule has 0 bridgehead atoms. The molecule has 1 fully saturated rings. The van der Waals surface area contributed by atoms with Gasteiger partial charge in [-0.05, 0) is 25.2 Å². The second kappa shape index (κ2) is 7.04. The minimum atomic E-state index is -0.685. The molecule has 0 aromatic carbocycles. The average molecular weight is 238 g/mol. The van der Waals surface area contributed by atoms with Gasteiger partial charge in [-0.25, -0.2) is 0 Å². The Morgan fingerprint density at radius 1 is 1.53 bits per heavy atom. The Morgan fingerprint density at radius 2 is 2.07 bits per heavy atom. The van der Waals surface area contributed by atoms with Crippen LogP contribution in [-0.4, -0.2) is 30.3 Å². The number of carbonyl (C=O) groups excluding carboxylic acids is 1. The van der Waals surface area contributed by atoms with Gasteiger partial charge in [0, 0.05) is 0 Å². The van der Waals surface area contributed by atoms with Crippen LogP contribution < -0.4 is 5.73 Å². The first kappa shape index (κ1) is 14.7. The summed E-state index contributed by atoms with van der Waals surface area (Å²) in [5.41, 5.74) is 5.56. The molecular weight excluding hydrogens is 218 g/mol. The first-order valence-electron chi connectivity index (χ1n) is 5.16. The van der Waals surface area contributed by atoms with Gasteiger partial charge in [-0.2, -0.15) is 0 Å². The number of hydrogen-bond acceptors (Lipinski definition) is 4. The van der Waals surface area contributed by atoms with Crippen molar-refractivity contribution < 1.29 is 14.6 Å². The molecule has 0 aliphatic heterocycles. The van der Waals surface area contributed by atoms with Gasteiger partial charge in [0.2, 0.25) is 0 Å². The molecule has 4 nitrogen and oxygen atoms in total. The van der Waals surface area contributed by atoms with Gasteiger partial charge >= 0.3 is 5.97 Å². The van der Waals surface area contributed by atoms with E-state index in [2.05, 4.69) is 4.74 Å². The fourth-order valence-corrected chi connectivity index (χ4v) is 2.04. The highest BCUT2D eigenvalue weighted by Crippen LogP contribution is 2.29. The molecule has 3 N–H and O–H groups in total. The van der Waals surface area contributed by atoms with Crippen LogP contribution in [0.15, 0.2) is 0 Å². The number of nitrogens with two attached hydrogens (primary N) is 1. The Bertz CT molecular complexity index is 195. The molecule has 0 aromatic rings. The van der Waals surface area contributed by atoms with Crippen molar-refractivity contribution >= 4 is 18.4 Å². The first-order valence-corrected chi connectivity index (χ1v) is 5.16. The lowest BCUT2D eigenvalue weighted by Gasteiger charge is -2.19. The van der Waals surface area contributed by atoms with E-state index < -0.39 is 18.1 Å². The van der Waals surface area contributed by atoms with Gasteiger partial charge in [-0.15, -0.1) is 12.4 Å². The number of halogens is 1. The van der Waals surface area contributed by atoms with E-state index in [1.807, 2.05) is 0 Å². The molecule has 1 aliphatic carbocycles. The largest absolute Gasteiger partial charge is 0.468 e. The topological polar surface area (TPSA) is 72.5 Å². The predicted octanol–water partition coefficient (Wildman–Crippen LogP) is 0.850. The summed E-state index contributed by atoms with van der Waals surface area (Å²) in [5.74, 6) is -0.118. The quantitative estimate of drug-likeness (QED) is 0.711. The van der Waals surface area contributed by atoms with E-state index in [1.165, 1.54) is 20.0 Å². The number of aliphatic hydroxyl groups is 1. The van der Waals surface area contributed by atoms with Crippen LogP contribution in [0.1, 0.15) is 32.1 Å². The Labute approximate surface area is 96.6 Å². The molecular formula is C10H20ClNO3. The third-order valence-electron chi connectivity index (χ3n) is 2.94. The zero-order valence-corrected chi connectivity index (χ0v) is 9.83. The van der Waals surface area contributed by atoms with Gasteiger partial charge in [-0.1, -0.05) is 12.8 Å². The summed E-state index contributed by atoms with van der Waals surface area (Å²) in [6.45, 7) is 0. The SMILES string of the molecule is COC(=O)C(N)CC(O)C1CCCC1.Cl. The Morgan fingerprint density at radius 3 is 2.53 bits per heavy atom. The van der Waals surface area contributed by atoms with E-state index in [9.17, 15) is 9.90 Å². The maximum atomic E-state index is 11.0. The number of esters is 1. The Balaban J connectivity index is 0.00000196. The summed E-state index contributed by atoms with van der Waals surface area (Å²) in [7, 11) is 1.31. The zero-order valence-electron chi connectivity index (χ0n) is 9.02. The Hall–Kier alpha value is -0.320. The van der Waals surface area contributed by atoms with Crippen molar-refractivity contribution in [2.24, 2.45) is 11.7 Å². The maximum Gasteiger partial charge on any atom is 0.322 e. The van der Waals surface area contributed by atoms with E-state index >= 15 is 0 Å². The normalized spacial score (nSPS) is 20.5. The fraction of sp³-hybridized carbons (Fsp3) is 0.900. The van der Waals surface area contributed by atoms with Crippen molar-refractivity contribution in [3.8, 4) is 0 Å². The molecule has 0 saturated heterocycles. The molecule has 0 aromatic heterocycles. The predicted molar refractivity (Wildman–Crippen MR) is 59.8 cm³/mol. The molecule has 0 heterocycles. The first-order chi connectivity index (χ1) is 6.65. The van der Waals surface area contributed by atoms with Crippen LogP contribution in [-0.2, 0) is 9.53 Å². The van der Waals surface area contributed by atoms with E-state index in [-0.39, 0.29) is 12.4 Å². The number of hydrogen-bond donors (Lipinski definition) is 2. The third kappa shape index (κ3) is 4.36. The second-order valence-corrected chi connectivity index (χ2v) is 3.98. The highest BCUT2D eigenvalue weighted by atomic mass is 35.5. The molecule has 1 aliphatic rings. The summed E-state index contributed by atoms with van der Waals surface area (Å²) in [6, 6.07) is -0.685. The van der Waals surface area contributed by atoms with Crippen LogP contribution in [0.5, 0.6) is 0 Å². The number of carbonyl (C=O) groups is 1. The highest BCUT2D eigenvalue weighted by molar-refractivity contribution is 5.85. The smallest absolute Gasteiger partial charge is 0.322 e. The summed E-state index contributed by atoms with van der Waals surface area (Å²) in [5, 5.41) is 9.78. The van der Waals surface area contributed by atoms with Crippen molar-refractivity contribution in [1.29, 1.82) is 0 Å². The van der Waals surface area contributed by atoms with Crippen molar-refractivity contribution in [2.75, 3.05) is 7.11 Å². The van der Waals surface area contributed by atoms with Crippen LogP contribution >= 0.6 is 12.4 Å². The van der Waals surface area contributed by atoms with E-state index in [0.29, 0.717) is 12.3 Å². The van der Waals surface area contributed by atoms with E-state index in [1.54, 1.807) is 0 Å². The summed E-state index contributed by atoms with van der Waals surface area (Å²) < 4.78 is 4.50. The molecule has 2 unspecified atom stereocenters. The minimum absolute atomic E-state index is 0. The lowest BCUT2D eigenvalue weighted by atomic mass is 9.95. The van der Waals surface area contributed by atoms with E-state index in [0.717, 1.165) is 12.8 Å². The van der Waals surface area contributed by atoms with Gasteiger partial charge < -0.3 is 15.6 Å². The molecule has 1 rings (SSSR count). The van der Waals surface area contributed by atoms with Crippen LogP contribution in [0.2, 0.25) is 0 Å². The molecule has 2 atom stereocenters. The number of ether oxygens (including phenoxy) is 1. The minimum Gasteiger partial charge on any atom is -0.468 e. The monoisotopic (exact) mass is 237 g/mol. The van der Waals surface area contributed by atoms with E-state index in [4.69, 9.17) is 5.73 Å². The zero-order chi connectivity index (χ0) is 10.6. The van der Waals surface area contributed by atoms with Crippen LogP contribution in [0, 0.1) is 5.92 Å². The van der Waals surface area contributed by atoms with Crippen LogP contribution in [0.25, 0.3) is 0 Å². The standard InChI is InChI=1S/C10H19NO3.ClH/c1-14-10(13)8(11)6-9(12)7-4-2-3-5-7;/h7-9,12H,2-6,11H2,1H3;1H. The summed E-state index contributed by atoms with van der Waals surface area (Å²) in [4.78, 5) is 11.0. The molecule has 0 radical (unpaired) electrons. The summed E-state index contributed by atoms with van der Waals surface area (Å²) >= 11 is 0. The molecule has 5 heteroatoms. The number of methoxy groups -OCH3 is 1. The van der Waals surface area contributed by atoms with Gasteiger partial charge in [0.25, 0.3) is 0 Å². The highest BCUT2D eigenvalue weighted by Gasteiger charge is 2.27. The van der Waals surface area contributed by atoms with Gasteiger partial charge in [-0.3, -0.25) is 4.79 Å². The van der Waals surface area contributed by atoms with Gasteiger partial charge in [0.1, 0.15) is 6.04 Å².